The molecule has 2 atom stereocenters. The first-order chi connectivity index (χ1) is 8.35. The fraction of sp³-hybridized carbons (Fsp3) is 0.643. The molecule has 1 saturated heterocycles. The summed E-state index contributed by atoms with van der Waals surface area (Å²) in [5.74, 6) is 0.123. The van der Waals surface area contributed by atoms with Crippen LogP contribution in [0.2, 0.25) is 0 Å². The molecule has 0 spiro atoms. The van der Waals surface area contributed by atoms with Crippen LogP contribution in [0.1, 0.15) is 27.2 Å². The van der Waals surface area contributed by atoms with Gasteiger partial charge in [0.05, 0.1) is 5.57 Å². The third-order valence-corrected chi connectivity index (χ3v) is 4.49. The highest BCUT2D eigenvalue weighted by Gasteiger charge is 2.53. The number of ketones is 1. The average molecular weight is 246 g/mol. The lowest BCUT2D eigenvalue weighted by Gasteiger charge is -2.52. The van der Waals surface area contributed by atoms with E-state index in [0.29, 0.717) is 13.1 Å². The number of carbonyl (C=O) groups excluding carboxylic acids is 2. The predicted molar refractivity (Wildman–Crippen MR) is 66.3 cm³/mol. The smallest absolute Gasteiger partial charge is 0.209 e. The topological polar surface area (TPSA) is 61.2 Å². The second-order valence-electron chi connectivity index (χ2n) is 6.14. The van der Waals surface area contributed by atoms with E-state index in [4.69, 9.17) is 5.26 Å². The van der Waals surface area contributed by atoms with Gasteiger partial charge in [-0.2, -0.15) is 5.26 Å². The van der Waals surface area contributed by atoms with Crippen LogP contribution in [-0.2, 0) is 9.59 Å². The number of fused-ring (bicyclic) bond motifs is 1. The first-order valence-electron chi connectivity index (χ1n) is 6.22. The molecule has 2 aliphatic rings. The molecule has 18 heavy (non-hydrogen) atoms. The van der Waals surface area contributed by atoms with Gasteiger partial charge in [0.25, 0.3) is 0 Å². The van der Waals surface area contributed by atoms with Crippen LogP contribution in [0, 0.1) is 28.1 Å². The second-order valence-corrected chi connectivity index (χ2v) is 6.14. The molecule has 0 bridgehead atoms. The van der Waals surface area contributed by atoms with E-state index in [-0.39, 0.29) is 22.7 Å². The molecule has 2 rings (SSSR count). The summed E-state index contributed by atoms with van der Waals surface area (Å²) in [6.07, 6.45) is 3.44. The van der Waals surface area contributed by atoms with Crippen LogP contribution >= 0.6 is 0 Å². The summed E-state index contributed by atoms with van der Waals surface area (Å²) in [5, 5.41) is 9.10. The van der Waals surface area contributed by atoms with E-state index in [1.165, 1.54) is 0 Å². The van der Waals surface area contributed by atoms with Crippen molar-refractivity contribution in [1.82, 2.24) is 4.90 Å². The zero-order chi connectivity index (χ0) is 13.6. The van der Waals surface area contributed by atoms with Gasteiger partial charge in [-0.05, 0) is 12.3 Å². The molecule has 4 nitrogen and oxygen atoms in total. The molecule has 4 heteroatoms. The van der Waals surface area contributed by atoms with Crippen molar-refractivity contribution in [1.29, 1.82) is 5.26 Å². The number of hydrogen-bond donors (Lipinski definition) is 0. The molecule has 1 amide bonds. The average Bonchev–Trinajstić information content (AvgIpc) is 2.33. The van der Waals surface area contributed by atoms with Crippen molar-refractivity contribution in [3.8, 4) is 6.07 Å². The molecule has 1 aliphatic heterocycles. The van der Waals surface area contributed by atoms with Crippen molar-refractivity contribution in [2.75, 3.05) is 13.1 Å². The number of nitriles is 1. The van der Waals surface area contributed by atoms with Crippen molar-refractivity contribution in [2.24, 2.45) is 16.7 Å². The third-order valence-electron chi connectivity index (χ3n) is 4.49. The minimum atomic E-state index is -0.524. The highest BCUT2D eigenvalue weighted by molar-refractivity contribution is 6.04. The van der Waals surface area contributed by atoms with Crippen LogP contribution in [0.3, 0.4) is 0 Å². The molecule has 0 unspecified atom stereocenters. The summed E-state index contributed by atoms with van der Waals surface area (Å²) in [7, 11) is 0. The van der Waals surface area contributed by atoms with E-state index < -0.39 is 5.41 Å². The summed E-state index contributed by atoms with van der Waals surface area (Å²) in [4.78, 5) is 24.9. The minimum Gasteiger partial charge on any atom is -0.344 e. The Balaban J connectivity index is 2.49. The van der Waals surface area contributed by atoms with Gasteiger partial charge in [0.2, 0.25) is 6.41 Å². The molecular weight excluding hydrogens is 228 g/mol. The lowest BCUT2D eigenvalue weighted by molar-refractivity contribution is -0.134. The largest absolute Gasteiger partial charge is 0.344 e. The van der Waals surface area contributed by atoms with Gasteiger partial charge in [-0.1, -0.05) is 26.8 Å². The van der Waals surface area contributed by atoms with E-state index in [0.717, 1.165) is 12.8 Å². The Hall–Kier alpha value is -1.63. The van der Waals surface area contributed by atoms with Gasteiger partial charge in [-0.25, -0.2) is 0 Å². The van der Waals surface area contributed by atoms with Gasteiger partial charge in [0.15, 0.2) is 5.78 Å². The summed E-state index contributed by atoms with van der Waals surface area (Å²) in [6.45, 7) is 7.15. The molecule has 0 N–H and O–H groups in total. The standard InChI is InChI=1S/C14H18N2O2/c1-13(2)11-4-5-16(9-17)8-14(11,3)6-10(7-15)12(13)18/h6,9,11H,4-5,8H2,1-3H3/t11-,14+/m1/s1. The van der Waals surface area contributed by atoms with E-state index in [1.54, 1.807) is 11.0 Å². The van der Waals surface area contributed by atoms with E-state index in [9.17, 15) is 9.59 Å². The Morgan fingerprint density at radius 2 is 2.17 bits per heavy atom. The van der Waals surface area contributed by atoms with Crippen LogP contribution in [-0.4, -0.2) is 30.2 Å². The number of nitrogens with zero attached hydrogens (tertiary/aromatic N) is 2. The fourth-order valence-corrected chi connectivity index (χ4v) is 3.66. The minimum absolute atomic E-state index is 0.0629. The highest BCUT2D eigenvalue weighted by atomic mass is 16.1. The molecule has 1 heterocycles. The maximum atomic E-state index is 12.3. The van der Waals surface area contributed by atoms with Crippen LogP contribution in [0.4, 0.5) is 0 Å². The van der Waals surface area contributed by atoms with Crippen molar-refractivity contribution in [3.63, 3.8) is 0 Å². The molecular formula is C14H18N2O2. The first kappa shape index (κ1) is 12.8. The summed E-state index contributed by atoms with van der Waals surface area (Å²) in [6, 6.07) is 2.01. The fourth-order valence-electron chi connectivity index (χ4n) is 3.66. The van der Waals surface area contributed by atoms with E-state index in [2.05, 4.69) is 0 Å². The quantitative estimate of drug-likeness (QED) is 0.659. The van der Waals surface area contributed by atoms with Gasteiger partial charge in [-0.3, -0.25) is 9.59 Å². The second kappa shape index (κ2) is 3.94. The van der Waals surface area contributed by atoms with E-state index >= 15 is 0 Å². The number of rotatable bonds is 1. The lowest BCUT2D eigenvalue weighted by atomic mass is 9.55. The first-order valence-corrected chi connectivity index (χ1v) is 6.22. The summed E-state index contributed by atoms with van der Waals surface area (Å²) >= 11 is 0. The van der Waals surface area contributed by atoms with Crippen molar-refractivity contribution < 1.29 is 9.59 Å². The maximum Gasteiger partial charge on any atom is 0.209 e. The molecule has 0 aromatic rings. The Bertz CT molecular complexity index is 473. The van der Waals surface area contributed by atoms with E-state index in [1.807, 2.05) is 26.8 Å². The Morgan fingerprint density at radius 1 is 1.50 bits per heavy atom. The number of likely N-dealkylation sites (tertiary alicyclic amines) is 1. The van der Waals surface area contributed by atoms with Crippen molar-refractivity contribution in [2.45, 2.75) is 27.2 Å². The molecule has 0 aromatic heterocycles. The van der Waals surface area contributed by atoms with Gasteiger partial charge in [0.1, 0.15) is 6.07 Å². The van der Waals surface area contributed by atoms with Gasteiger partial charge >= 0.3 is 0 Å². The third kappa shape index (κ3) is 1.66. The van der Waals surface area contributed by atoms with Gasteiger partial charge in [-0.15, -0.1) is 0 Å². The molecule has 0 radical (unpaired) electrons. The number of Topliss-reactive ketones (excluding diaryl/α,β-unsaturated/α-hetero) is 1. The number of hydrogen-bond acceptors (Lipinski definition) is 3. The maximum absolute atomic E-state index is 12.3. The van der Waals surface area contributed by atoms with Crippen LogP contribution in [0.15, 0.2) is 11.6 Å². The number of amides is 1. The Morgan fingerprint density at radius 3 is 2.72 bits per heavy atom. The highest BCUT2D eigenvalue weighted by Crippen LogP contribution is 2.51. The molecule has 0 aromatic carbocycles. The molecule has 1 fully saturated rings. The molecule has 96 valence electrons. The van der Waals surface area contributed by atoms with Crippen LogP contribution in [0.25, 0.3) is 0 Å². The zero-order valence-corrected chi connectivity index (χ0v) is 11.1. The Labute approximate surface area is 107 Å². The monoisotopic (exact) mass is 246 g/mol. The molecule has 0 saturated carbocycles. The zero-order valence-electron chi connectivity index (χ0n) is 11.1. The Kier molecular flexibility index (Phi) is 2.81. The van der Waals surface area contributed by atoms with Crippen LogP contribution < -0.4 is 0 Å². The predicted octanol–water partition coefficient (Wildman–Crippen LogP) is 1.53. The van der Waals surface area contributed by atoms with Crippen molar-refractivity contribution in [3.05, 3.63) is 11.6 Å². The number of piperidine rings is 1. The summed E-state index contributed by atoms with van der Waals surface area (Å²) in [5.41, 5.74) is -0.558. The van der Waals surface area contributed by atoms with Crippen LogP contribution in [0.5, 0.6) is 0 Å². The number of allylic oxidation sites excluding steroid dienone is 1. The SMILES string of the molecule is CC1(C)C(=O)C(C#N)=C[C@@]2(C)CN(C=O)CC[C@H]12. The van der Waals surface area contributed by atoms with Gasteiger partial charge < -0.3 is 4.90 Å². The molecule has 1 aliphatic carbocycles. The summed E-state index contributed by atoms with van der Waals surface area (Å²) < 4.78 is 0. The van der Waals surface area contributed by atoms with Crippen molar-refractivity contribution >= 4 is 12.2 Å². The van der Waals surface area contributed by atoms with Gasteiger partial charge in [0, 0.05) is 23.9 Å². The lowest BCUT2D eigenvalue weighted by Crippen LogP contribution is -2.55. The normalized spacial score (nSPS) is 34.3. The number of carbonyl (C=O) groups is 2.